The molecule has 0 saturated carbocycles. The number of hydrogen-bond donors (Lipinski definition) is 2. The van der Waals surface area contributed by atoms with Crippen LogP contribution in [0.15, 0.2) is 39.7 Å². The van der Waals surface area contributed by atoms with E-state index in [1.54, 1.807) is 0 Å². The third-order valence-corrected chi connectivity index (χ3v) is 5.17. The zero-order valence-corrected chi connectivity index (χ0v) is 14.5. The summed E-state index contributed by atoms with van der Waals surface area (Å²) in [6, 6.07) is 10.8. The van der Waals surface area contributed by atoms with Crippen LogP contribution in [0.4, 0.5) is 0 Å². The largest absolute Gasteiger partial charge is 0.461 e. The van der Waals surface area contributed by atoms with Crippen LogP contribution >= 0.6 is 11.8 Å². The molecule has 0 bridgehead atoms. The molecule has 124 valence electrons. The van der Waals surface area contributed by atoms with Gasteiger partial charge in [-0.2, -0.15) is 11.8 Å². The summed E-state index contributed by atoms with van der Waals surface area (Å²) < 4.78 is 5.85. The first-order chi connectivity index (χ1) is 11.3. The van der Waals surface area contributed by atoms with Gasteiger partial charge in [0.25, 0.3) is 0 Å². The molecule has 5 heteroatoms. The molecule has 1 aliphatic rings. The van der Waals surface area contributed by atoms with Crippen LogP contribution in [0.2, 0.25) is 0 Å². The molecule has 1 unspecified atom stereocenters. The van der Waals surface area contributed by atoms with E-state index in [0.29, 0.717) is 6.04 Å². The predicted molar refractivity (Wildman–Crippen MR) is 99.4 cm³/mol. The molecular formula is C18H25N3OS. The van der Waals surface area contributed by atoms with Crippen LogP contribution in [0.3, 0.4) is 0 Å². The lowest BCUT2D eigenvalue weighted by molar-refractivity contribution is 0.548. The summed E-state index contributed by atoms with van der Waals surface area (Å²) in [6.45, 7) is 3.72. The Morgan fingerprint density at radius 1 is 1.39 bits per heavy atom. The number of aliphatic imine (C=N–C) groups is 1. The van der Waals surface area contributed by atoms with Crippen molar-refractivity contribution < 1.29 is 4.42 Å². The monoisotopic (exact) mass is 331 g/mol. The molecule has 0 amide bonds. The first kappa shape index (κ1) is 16.2. The fourth-order valence-electron chi connectivity index (χ4n) is 2.81. The molecule has 2 aromatic rings. The fraction of sp³-hybridized carbons (Fsp3) is 0.500. The van der Waals surface area contributed by atoms with E-state index in [1.807, 2.05) is 30.0 Å². The van der Waals surface area contributed by atoms with Gasteiger partial charge in [0.2, 0.25) is 0 Å². The summed E-state index contributed by atoms with van der Waals surface area (Å²) in [6.07, 6.45) is 3.35. The van der Waals surface area contributed by atoms with Crippen molar-refractivity contribution >= 4 is 28.7 Å². The lowest BCUT2D eigenvalue weighted by Crippen LogP contribution is -2.45. The highest BCUT2D eigenvalue weighted by Gasteiger charge is 2.14. The first-order valence-electron chi connectivity index (χ1n) is 8.45. The second-order valence-electron chi connectivity index (χ2n) is 5.82. The van der Waals surface area contributed by atoms with Crippen molar-refractivity contribution in [3.05, 3.63) is 36.1 Å². The van der Waals surface area contributed by atoms with Crippen LogP contribution in [0, 0.1) is 0 Å². The number of fused-ring (bicyclic) bond motifs is 1. The first-order valence-corrected chi connectivity index (χ1v) is 9.60. The Hall–Kier alpha value is -1.62. The average molecular weight is 331 g/mol. The van der Waals surface area contributed by atoms with E-state index in [9.17, 15) is 0 Å². The number of nitrogens with one attached hydrogen (secondary N) is 2. The summed E-state index contributed by atoms with van der Waals surface area (Å²) in [5.41, 5.74) is 0.954. The average Bonchev–Trinajstić information content (AvgIpc) is 2.98. The predicted octanol–water partition coefficient (Wildman–Crippen LogP) is 3.43. The zero-order chi connectivity index (χ0) is 15.9. The van der Waals surface area contributed by atoms with Gasteiger partial charge in [-0.3, -0.25) is 4.99 Å². The molecule has 2 N–H and O–H groups in total. The molecule has 1 fully saturated rings. The Morgan fingerprint density at radius 3 is 3.09 bits per heavy atom. The standard InChI is InChI=1S/C18H25N3OS/c1-2-19-18(21-15-7-5-11-23-13-15)20-10-9-16-12-14-6-3-4-8-17(14)22-16/h3-4,6,8,12,15H,2,5,7,9-11,13H2,1H3,(H2,19,20,21). The Bertz CT molecular complexity index is 614. The fourth-order valence-corrected chi connectivity index (χ4v) is 3.88. The van der Waals surface area contributed by atoms with E-state index in [4.69, 9.17) is 9.41 Å². The summed E-state index contributed by atoms with van der Waals surface area (Å²) >= 11 is 2.03. The number of thioether (sulfide) groups is 1. The highest BCUT2D eigenvalue weighted by atomic mass is 32.2. The summed E-state index contributed by atoms with van der Waals surface area (Å²) in [5, 5.41) is 8.06. The molecule has 23 heavy (non-hydrogen) atoms. The van der Waals surface area contributed by atoms with Gasteiger partial charge in [-0.1, -0.05) is 18.2 Å². The molecule has 0 spiro atoms. The highest BCUT2D eigenvalue weighted by Crippen LogP contribution is 2.19. The van der Waals surface area contributed by atoms with E-state index in [0.717, 1.165) is 42.2 Å². The smallest absolute Gasteiger partial charge is 0.191 e. The normalized spacial score (nSPS) is 19.0. The van der Waals surface area contributed by atoms with E-state index in [2.05, 4.69) is 29.7 Å². The van der Waals surface area contributed by atoms with Crippen molar-refractivity contribution in [1.82, 2.24) is 10.6 Å². The van der Waals surface area contributed by atoms with E-state index < -0.39 is 0 Å². The van der Waals surface area contributed by atoms with Crippen molar-refractivity contribution in [2.24, 2.45) is 4.99 Å². The lowest BCUT2D eigenvalue weighted by Gasteiger charge is -2.24. The maximum absolute atomic E-state index is 5.85. The van der Waals surface area contributed by atoms with Crippen LogP contribution < -0.4 is 10.6 Å². The third-order valence-electron chi connectivity index (χ3n) is 3.95. The summed E-state index contributed by atoms with van der Waals surface area (Å²) in [5.74, 6) is 4.39. The highest BCUT2D eigenvalue weighted by molar-refractivity contribution is 7.99. The number of guanidine groups is 1. The Labute approximate surface area is 142 Å². The topological polar surface area (TPSA) is 49.6 Å². The van der Waals surface area contributed by atoms with E-state index in [1.165, 1.54) is 24.3 Å². The lowest BCUT2D eigenvalue weighted by atomic mass is 10.2. The molecule has 1 aliphatic heterocycles. The number of nitrogens with zero attached hydrogens (tertiary/aromatic N) is 1. The minimum atomic E-state index is 0.540. The second-order valence-corrected chi connectivity index (χ2v) is 6.97. The zero-order valence-electron chi connectivity index (χ0n) is 13.7. The van der Waals surface area contributed by atoms with Gasteiger partial charge in [-0.25, -0.2) is 0 Å². The Balaban J connectivity index is 1.56. The quantitative estimate of drug-likeness (QED) is 0.651. The van der Waals surface area contributed by atoms with Gasteiger partial charge in [-0.15, -0.1) is 0 Å². The van der Waals surface area contributed by atoms with Crippen molar-refractivity contribution in [2.45, 2.75) is 32.2 Å². The van der Waals surface area contributed by atoms with Crippen molar-refractivity contribution in [1.29, 1.82) is 0 Å². The minimum absolute atomic E-state index is 0.540. The molecule has 0 radical (unpaired) electrons. The molecule has 0 aliphatic carbocycles. The second kappa shape index (κ2) is 8.29. The van der Waals surface area contributed by atoms with Gasteiger partial charge >= 0.3 is 0 Å². The number of para-hydroxylation sites is 1. The molecule has 1 aromatic heterocycles. The van der Waals surface area contributed by atoms with Gasteiger partial charge in [-0.05, 0) is 37.7 Å². The molecular weight excluding hydrogens is 306 g/mol. The summed E-state index contributed by atoms with van der Waals surface area (Å²) in [7, 11) is 0. The summed E-state index contributed by atoms with van der Waals surface area (Å²) in [4.78, 5) is 4.70. The van der Waals surface area contributed by atoms with Gasteiger partial charge in [0.15, 0.2) is 5.96 Å². The minimum Gasteiger partial charge on any atom is -0.461 e. The maximum Gasteiger partial charge on any atom is 0.191 e. The molecule has 2 heterocycles. The number of rotatable bonds is 5. The van der Waals surface area contributed by atoms with E-state index in [-0.39, 0.29) is 0 Å². The van der Waals surface area contributed by atoms with Gasteiger partial charge < -0.3 is 15.1 Å². The SMILES string of the molecule is CCNC(=NCCc1cc2ccccc2o1)NC1CCCSC1. The van der Waals surface area contributed by atoms with Crippen LogP contribution in [0.25, 0.3) is 11.0 Å². The van der Waals surface area contributed by atoms with Gasteiger partial charge in [0.1, 0.15) is 11.3 Å². The Morgan fingerprint density at radius 2 is 2.30 bits per heavy atom. The van der Waals surface area contributed by atoms with Crippen LogP contribution in [0.5, 0.6) is 0 Å². The van der Waals surface area contributed by atoms with Crippen molar-refractivity contribution in [3.8, 4) is 0 Å². The molecule has 1 saturated heterocycles. The van der Waals surface area contributed by atoms with Gasteiger partial charge in [0, 0.05) is 36.7 Å². The van der Waals surface area contributed by atoms with E-state index >= 15 is 0 Å². The maximum atomic E-state index is 5.85. The van der Waals surface area contributed by atoms with Crippen molar-refractivity contribution in [2.75, 3.05) is 24.6 Å². The van der Waals surface area contributed by atoms with Gasteiger partial charge in [0.05, 0.1) is 0 Å². The molecule has 3 rings (SSSR count). The van der Waals surface area contributed by atoms with Crippen LogP contribution in [-0.2, 0) is 6.42 Å². The number of hydrogen-bond acceptors (Lipinski definition) is 3. The number of benzene rings is 1. The molecule has 1 aromatic carbocycles. The van der Waals surface area contributed by atoms with Crippen molar-refractivity contribution in [3.63, 3.8) is 0 Å². The third kappa shape index (κ3) is 4.67. The molecule has 4 nitrogen and oxygen atoms in total. The van der Waals surface area contributed by atoms with Crippen LogP contribution in [0.1, 0.15) is 25.5 Å². The van der Waals surface area contributed by atoms with Crippen LogP contribution in [-0.4, -0.2) is 36.6 Å². The molecule has 1 atom stereocenters. The number of furan rings is 1. The Kier molecular flexibility index (Phi) is 5.86.